The summed E-state index contributed by atoms with van der Waals surface area (Å²) in [4.78, 5) is 0. The van der Waals surface area contributed by atoms with Crippen molar-refractivity contribution in [3.63, 3.8) is 0 Å². The van der Waals surface area contributed by atoms with Crippen molar-refractivity contribution in [1.29, 1.82) is 0 Å². The number of aliphatic hydroxyl groups excluding tert-OH is 1. The first kappa shape index (κ1) is 13.1. The Morgan fingerprint density at radius 3 is 2.56 bits per heavy atom. The molecule has 0 aliphatic carbocycles. The monoisotopic (exact) mass is 306 g/mol. The van der Waals surface area contributed by atoms with Gasteiger partial charge in [0.2, 0.25) is 0 Å². The van der Waals surface area contributed by atoms with Crippen molar-refractivity contribution >= 4 is 15.9 Å². The van der Waals surface area contributed by atoms with Crippen molar-refractivity contribution in [2.45, 2.75) is 19.6 Å². The lowest BCUT2D eigenvalue weighted by Crippen LogP contribution is -1.97. The van der Waals surface area contributed by atoms with E-state index in [1.165, 1.54) is 0 Å². The molecule has 94 valence electrons. The Morgan fingerprint density at radius 1 is 1.17 bits per heavy atom. The first-order chi connectivity index (χ1) is 8.65. The average Bonchev–Trinajstić information content (AvgIpc) is 2.38. The van der Waals surface area contributed by atoms with Crippen LogP contribution in [0.5, 0.6) is 5.75 Å². The van der Waals surface area contributed by atoms with E-state index in [4.69, 9.17) is 4.74 Å². The van der Waals surface area contributed by atoms with Crippen molar-refractivity contribution < 1.29 is 9.84 Å². The summed E-state index contributed by atoms with van der Waals surface area (Å²) in [6.07, 6.45) is -0.471. The van der Waals surface area contributed by atoms with Gasteiger partial charge in [0.25, 0.3) is 0 Å². The highest BCUT2D eigenvalue weighted by atomic mass is 79.9. The Hall–Kier alpha value is -1.32. The minimum absolute atomic E-state index is 0.471. The van der Waals surface area contributed by atoms with E-state index >= 15 is 0 Å². The minimum atomic E-state index is -0.471. The number of rotatable bonds is 4. The zero-order valence-corrected chi connectivity index (χ0v) is 11.7. The maximum absolute atomic E-state index is 9.50. The van der Waals surface area contributed by atoms with Gasteiger partial charge in [-0.3, -0.25) is 0 Å². The van der Waals surface area contributed by atoms with Gasteiger partial charge in [0, 0.05) is 4.47 Å². The molecule has 0 bridgehead atoms. The van der Waals surface area contributed by atoms with Crippen LogP contribution in [0.25, 0.3) is 0 Å². The van der Waals surface area contributed by atoms with E-state index in [1.807, 2.05) is 48.5 Å². The number of aliphatic hydroxyl groups is 1. The smallest absolute Gasteiger partial charge is 0.120 e. The van der Waals surface area contributed by atoms with E-state index in [0.29, 0.717) is 6.61 Å². The number of halogens is 1. The summed E-state index contributed by atoms with van der Waals surface area (Å²) in [6.45, 7) is 2.27. The quantitative estimate of drug-likeness (QED) is 0.922. The maximum atomic E-state index is 9.50. The summed E-state index contributed by atoms with van der Waals surface area (Å²) < 4.78 is 6.75. The van der Waals surface area contributed by atoms with Gasteiger partial charge in [-0.05, 0) is 42.3 Å². The van der Waals surface area contributed by atoms with E-state index in [9.17, 15) is 5.11 Å². The lowest BCUT2D eigenvalue weighted by molar-refractivity contribution is 0.198. The van der Waals surface area contributed by atoms with Crippen LogP contribution >= 0.6 is 15.9 Å². The Bertz CT molecular complexity index is 506. The van der Waals surface area contributed by atoms with Crippen LogP contribution in [-0.2, 0) is 6.61 Å². The first-order valence-corrected chi connectivity index (χ1v) is 6.60. The highest BCUT2D eigenvalue weighted by molar-refractivity contribution is 9.10. The molecule has 0 unspecified atom stereocenters. The summed E-state index contributed by atoms with van der Waals surface area (Å²) >= 11 is 3.40. The molecular formula is C15H15BrO2. The molecule has 18 heavy (non-hydrogen) atoms. The van der Waals surface area contributed by atoms with E-state index < -0.39 is 6.10 Å². The molecular weight excluding hydrogens is 292 g/mol. The molecule has 0 saturated heterocycles. The van der Waals surface area contributed by atoms with Gasteiger partial charge in [0.15, 0.2) is 0 Å². The fourth-order valence-electron chi connectivity index (χ4n) is 1.61. The van der Waals surface area contributed by atoms with Crippen LogP contribution in [0.1, 0.15) is 24.2 Å². The van der Waals surface area contributed by atoms with Crippen molar-refractivity contribution in [2.75, 3.05) is 0 Å². The van der Waals surface area contributed by atoms with E-state index in [1.54, 1.807) is 6.92 Å². The number of ether oxygens (including phenoxy) is 1. The molecule has 0 spiro atoms. The normalized spacial score (nSPS) is 12.2. The molecule has 2 aromatic carbocycles. The SMILES string of the molecule is C[C@@H](O)c1cccc(OCc2ccc(Br)cc2)c1. The Kier molecular flexibility index (Phi) is 4.39. The third-order valence-electron chi connectivity index (χ3n) is 2.66. The van der Waals surface area contributed by atoms with Crippen molar-refractivity contribution in [2.24, 2.45) is 0 Å². The first-order valence-electron chi connectivity index (χ1n) is 5.80. The summed E-state index contributed by atoms with van der Waals surface area (Å²) in [7, 11) is 0. The van der Waals surface area contributed by atoms with Crippen LogP contribution in [-0.4, -0.2) is 5.11 Å². The number of hydrogen-bond acceptors (Lipinski definition) is 2. The molecule has 0 fully saturated rings. The predicted octanol–water partition coefficient (Wildman–Crippen LogP) is 4.08. The van der Waals surface area contributed by atoms with Crippen LogP contribution in [0.15, 0.2) is 53.0 Å². The van der Waals surface area contributed by atoms with Crippen LogP contribution in [0.4, 0.5) is 0 Å². The maximum Gasteiger partial charge on any atom is 0.120 e. The fourth-order valence-corrected chi connectivity index (χ4v) is 1.88. The van der Waals surface area contributed by atoms with Gasteiger partial charge in [-0.15, -0.1) is 0 Å². The molecule has 0 aromatic heterocycles. The predicted molar refractivity (Wildman–Crippen MR) is 75.5 cm³/mol. The second-order valence-electron chi connectivity index (χ2n) is 4.16. The minimum Gasteiger partial charge on any atom is -0.489 e. The van der Waals surface area contributed by atoms with Crippen LogP contribution in [0.2, 0.25) is 0 Å². The van der Waals surface area contributed by atoms with Gasteiger partial charge in [-0.25, -0.2) is 0 Å². The van der Waals surface area contributed by atoms with E-state index in [0.717, 1.165) is 21.3 Å². The summed E-state index contributed by atoms with van der Waals surface area (Å²) in [6, 6.07) is 15.5. The molecule has 0 saturated carbocycles. The summed E-state index contributed by atoms with van der Waals surface area (Å²) in [5.74, 6) is 0.774. The second-order valence-corrected chi connectivity index (χ2v) is 5.08. The van der Waals surface area contributed by atoms with E-state index in [-0.39, 0.29) is 0 Å². The zero-order chi connectivity index (χ0) is 13.0. The number of benzene rings is 2. The van der Waals surface area contributed by atoms with Gasteiger partial charge in [0.05, 0.1) is 6.10 Å². The molecule has 0 heterocycles. The molecule has 1 N–H and O–H groups in total. The molecule has 3 heteroatoms. The Labute approximate surface area is 115 Å². The van der Waals surface area contributed by atoms with Gasteiger partial charge in [-0.1, -0.05) is 40.2 Å². The molecule has 0 aliphatic heterocycles. The van der Waals surface area contributed by atoms with Crippen LogP contribution in [0, 0.1) is 0 Å². The number of hydrogen-bond donors (Lipinski definition) is 1. The third-order valence-corrected chi connectivity index (χ3v) is 3.19. The second kappa shape index (κ2) is 6.03. The molecule has 2 nitrogen and oxygen atoms in total. The largest absolute Gasteiger partial charge is 0.489 e. The van der Waals surface area contributed by atoms with Gasteiger partial charge < -0.3 is 9.84 Å². The highest BCUT2D eigenvalue weighted by Gasteiger charge is 2.02. The Balaban J connectivity index is 2.01. The van der Waals surface area contributed by atoms with Crippen molar-refractivity contribution in [3.05, 3.63) is 64.1 Å². The molecule has 2 rings (SSSR count). The molecule has 2 aromatic rings. The fraction of sp³-hybridized carbons (Fsp3) is 0.200. The van der Waals surface area contributed by atoms with E-state index in [2.05, 4.69) is 15.9 Å². The topological polar surface area (TPSA) is 29.5 Å². The standard InChI is InChI=1S/C15H15BrO2/c1-11(17)13-3-2-4-15(9-13)18-10-12-5-7-14(16)8-6-12/h2-9,11,17H,10H2,1H3/t11-/m1/s1. The molecule has 0 amide bonds. The summed E-state index contributed by atoms with van der Waals surface area (Å²) in [5, 5.41) is 9.50. The van der Waals surface area contributed by atoms with Crippen LogP contribution < -0.4 is 4.74 Å². The van der Waals surface area contributed by atoms with Crippen molar-refractivity contribution in [3.8, 4) is 5.75 Å². The van der Waals surface area contributed by atoms with Crippen molar-refractivity contribution in [1.82, 2.24) is 0 Å². The van der Waals surface area contributed by atoms with Gasteiger partial charge in [-0.2, -0.15) is 0 Å². The molecule has 0 aliphatic rings. The average molecular weight is 307 g/mol. The highest BCUT2D eigenvalue weighted by Crippen LogP contribution is 2.20. The van der Waals surface area contributed by atoms with Crippen LogP contribution in [0.3, 0.4) is 0 Å². The lowest BCUT2D eigenvalue weighted by Gasteiger charge is -2.09. The molecule has 0 radical (unpaired) electrons. The van der Waals surface area contributed by atoms with Gasteiger partial charge in [0.1, 0.15) is 12.4 Å². The summed E-state index contributed by atoms with van der Waals surface area (Å²) in [5.41, 5.74) is 1.98. The third kappa shape index (κ3) is 3.59. The zero-order valence-electron chi connectivity index (χ0n) is 10.1. The lowest BCUT2D eigenvalue weighted by atomic mass is 10.1. The molecule has 1 atom stereocenters. The Morgan fingerprint density at radius 2 is 1.89 bits per heavy atom. The van der Waals surface area contributed by atoms with Gasteiger partial charge >= 0.3 is 0 Å².